The SMILES string of the molecule is CC1CCN(C(=O)c2ccc([N+](=O)[O-])c(N)c2)C(C)C1. The Morgan fingerprint density at radius 3 is 2.70 bits per heavy atom. The number of anilines is 1. The van der Waals surface area contributed by atoms with E-state index in [2.05, 4.69) is 6.92 Å². The molecule has 2 rings (SSSR count). The highest BCUT2D eigenvalue weighted by Crippen LogP contribution is 2.26. The van der Waals surface area contributed by atoms with E-state index in [1.807, 2.05) is 11.8 Å². The van der Waals surface area contributed by atoms with Gasteiger partial charge in [0.2, 0.25) is 0 Å². The standard InChI is InChI=1S/C14H19N3O3/c1-9-5-6-16(10(2)7-9)14(18)11-3-4-13(17(19)20)12(15)8-11/h3-4,8-10H,5-7,15H2,1-2H3. The molecule has 2 atom stereocenters. The predicted octanol–water partition coefficient (Wildman–Crippen LogP) is 2.44. The minimum atomic E-state index is -0.547. The monoisotopic (exact) mass is 277 g/mol. The van der Waals surface area contributed by atoms with Gasteiger partial charge in [-0.25, -0.2) is 0 Å². The smallest absolute Gasteiger partial charge is 0.292 e. The zero-order chi connectivity index (χ0) is 14.9. The Balaban J connectivity index is 2.21. The molecule has 108 valence electrons. The van der Waals surface area contributed by atoms with E-state index in [9.17, 15) is 14.9 Å². The average Bonchev–Trinajstić information content (AvgIpc) is 2.37. The number of nitrogen functional groups attached to an aromatic ring is 1. The number of nitrogens with zero attached hydrogens (tertiary/aromatic N) is 2. The van der Waals surface area contributed by atoms with Gasteiger partial charge in [0.15, 0.2) is 0 Å². The van der Waals surface area contributed by atoms with Crippen LogP contribution in [0.4, 0.5) is 11.4 Å². The Morgan fingerprint density at radius 1 is 1.45 bits per heavy atom. The summed E-state index contributed by atoms with van der Waals surface area (Å²) >= 11 is 0. The molecule has 2 N–H and O–H groups in total. The Morgan fingerprint density at radius 2 is 2.15 bits per heavy atom. The Bertz CT molecular complexity index is 544. The molecule has 0 aromatic heterocycles. The fourth-order valence-corrected chi connectivity index (χ4v) is 2.73. The molecule has 0 saturated carbocycles. The normalized spacial score (nSPS) is 22.6. The molecule has 1 amide bonds. The number of amides is 1. The van der Waals surface area contributed by atoms with E-state index < -0.39 is 4.92 Å². The van der Waals surface area contributed by atoms with Crippen molar-refractivity contribution in [2.45, 2.75) is 32.7 Å². The minimum absolute atomic E-state index is 0.0267. The number of piperidine rings is 1. The molecular weight excluding hydrogens is 258 g/mol. The first-order valence-corrected chi connectivity index (χ1v) is 6.75. The number of nitro benzene ring substituents is 1. The van der Waals surface area contributed by atoms with E-state index in [1.165, 1.54) is 18.2 Å². The molecule has 1 aromatic rings. The van der Waals surface area contributed by atoms with Crippen molar-refractivity contribution in [3.05, 3.63) is 33.9 Å². The topological polar surface area (TPSA) is 89.5 Å². The first-order chi connectivity index (χ1) is 9.40. The zero-order valence-electron chi connectivity index (χ0n) is 11.7. The number of hydrogen-bond donors (Lipinski definition) is 1. The van der Waals surface area contributed by atoms with E-state index in [-0.39, 0.29) is 23.3 Å². The van der Waals surface area contributed by atoms with Crippen molar-refractivity contribution >= 4 is 17.3 Å². The van der Waals surface area contributed by atoms with Crippen molar-refractivity contribution in [2.24, 2.45) is 5.92 Å². The van der Waals surface area contributed by atoms with Crippen LogP contribution in [0, 0.1) is 16.0 Å². The number of likely N-dealkylation sites (tertiary alicyclic amines) is 1. The summed E-state index contributed by atoms with van der Waals surface area (Å²) in [7, 11) is 0. The molecule has 1 saturated heterocycles. The number of carbonyl (C=O) groups excluding carboxylic acids is 1. The van der Waals surface area contributed by atoms with Crippen LogP contribution >= 0.6 is 0 Å². The molecule has 1 fully saturated rings. The summed E-state index contributed by atoms with van der Waals surface area (Å²) in [6, 6.07) is 4.34. The van der Waals surface area contributed by atoms with Gasteiger partial charge in [-0.2, -0.15) is 0 Å². The van der Waals surface area contributed by atoms with Gasteiger partial charge in [0, 0.05) is 24.2 Å². The molecule has 0 spiro atoms. The van der Waals surface area contributed by atoms with Crippen molar-refractivity contribution < 1.29 is 9.72 Å². The summed E-state index contributed by atoms with van der Waals surface area (Å²) in [5.74, 6) is 0.516. The van der Waals surface area contributed by atoms with Crippen LogP contribution in [-0.4, -0.2) is 28.3 Å². The maximum absolute atomic E-state index is 12.5. The van der Waals surface area contributed by atoms with E-state index in [1.54, 1.807) is 0 Å². The van der Waals surface area contributed by atoms with E-state index in [0.717, 1.165) is 19.4 Å². The van der Waals surface area contributed by atoms with Gasteiger partial charge in [0.25, 0.3) is 11.6 Å². The first kappa shape index (κ1) is 14.3. The molecule has 1 aliphatic rings. The Hall–Kier alpha value is -2.11. The van der Waals surface area contributed by atoms with Gasteiger partial charge in [-0.1, -0.05) is 6.92 Å². The van der Waals surface area contributed by atoms with E-state index in [4.69, 9.17) is 5.73 Å². The number of hydrogen-bond acceptors (Lipinski definition) is 4. The molecule has 2 unspecified atom stereocenters. The van der Waals surface area contributed by atoms with Gasteiger partial charge in [-0.05, 0) is 37.8 Å². The lowest BCUT2D eigenvalue weighted by molar-refractivity contribution is -0.383. The van der Waals surface area contributed by atoms with Crippen molar-refractivity contribution in [2.75, 3.05) is 12.3 Å². The van der Waals surface area contributed by atoms with E-state index >= 15 is 0 Å². The number of nitrogens with two attached hydrogens (primary N) is 1. The van der Waals surface area contributed by atoms with Gasteiger partial charge >= 0.3 is 0 Å². The van der Waals surface area contributed by atoms with Crippen molar-refractivity contribution in [1.82, 2.24) is 4.90 Å². The summed E-state index contributed by atoms with van der Waals surface area (Å²) < 4.78 is 0. The van der Waals surface area contributed by atoms with Crippen LogP contribution < -0.4 is 5.73 Å². The molecule has 6 heteroatoms. The van der Waals surface area contributed by atoms with Crippen LogP contribution in [0.25, 0.3) is 0 Å². The van der Waals surface area contributed by atoms with Crippen LogP contribution in [0.3, 0.4) is 0 Å². The lowest BCUT2D eigenvalue weighted by Gasteiger charge is -2.36. The molecule has 1 aliphatic heterocycles. The minimum Gasteiger partial charge on any atom is -0.393 e. The molecule has 1 heterocycles. The maximum atomic E-state index is 12.5. The number of nitro groups is 1. The maximum Gasteiger partial charge on any atom is 0.292 e. The van der Waals surface area contributed by atoms with Gasteiger partial charge in [-0.15, -0.1) is 0 Å². The summed E-state index contributed by atoms with van der Waals surface area (Å²) in [5.41, 5.74) is 5.91. The Labute approximate surface area is 117 Å². The second-order valence-corrected chi connectivity index (χ2v) is 5.51. The number of rotatable bonds is 2. The first-order valence-electron chi connectivity index (χ1n) is 6.75. The van der Waals surface area contributed by atoms with Crippen molar-refractivity contribution in [3.63, 3.8) is 0 Å². The van der Waals surface area contributed by atoms with Gasteiger partial charge < -0.3 is 10.6 Å². The summed E-state index contributed by atoms with van der Waals surface area (Å²) in [5, 5.41) is 10.7. The second-order valence-electron chi connectivity index (χ2n) is 5.51. The van der Waals surface area contributed by atoms with Crippen LogP contribution in [0.15, 0.2) is 18.2 Å². The zero-order valence-corrected chi connectivity index (χ0v) is 11.7. The van der Waals surface area contributed by atoms with E-state index in [0.29, 0.717) is 11.5 Å². The molecular formula is C14H19N3O3. The predicted molar refractivity (Wildman–Crippen MR) is 76.4 cm³/mol. The summed E-state index contributed by atoms with van der Waals surface area (Å²) in [6.45, 7) is 4.93. The molecule has 0 aliphatic carbocycles. The highest BCUT2D eigenvalue weighted by atomic mass is 16.6. The van der Waals surface area contributed by atoms with Crippen LogP contribution in [-0.2, 0) is 0 Å². The van der Waals surface area contributed by atoms with Crippen molar-refractivity contribution in [3.8, 4) is 0 Å². The highest BCUT2D eigenvalue weighted by molar-refractivity contribution is 5.96. The molecule has 6 nitrogen and oxygen atoms in total. The lowest BCUT2D eigenvalue weighted by Crippen LogP contribution is -2.44. The average molecular weight is 277 g/mol. The number of benzene rings is 1. The van der Waals surface area contributed by atoms with Crippen LogP contribution in [0.5, 0.6) is 0 Å². The van der Waals surface area contributed by atoms with Crippen LogP contribution in [0.1, 0.15) is 37.0 Å². The fraction of sp³-hybridized carbons (Fsp3) is 0.500. The quantitative estimate of drug-likeness (QED) is 0.510. The molecule has 20 heavy (non-hydrogen) atoms. The molecule has 0 bridgehead atoms. The summed E-state index contributed by atoms with van der Waals surface area (Å²) in [6.07, 6.45) is 1.97. The second kappa shape index (κ2) is 5.48. The third-order valence-corrected chi connectivity index (χ3v) is 3.87. The third-order valence-electron chi connectivity index (χ3n) is 3.87. The fourth-order valence-electron chi connectivity index (χ4n) is 2.73. The Kier molecular flexibility index (Phi) is 3.92. The third kappa shape index (κ3) is 2.74. The van der Waals surface area contributed by atoms with Gasteiger partial charge in [0.05, 0.1) is 4.92 Å². The van der Waals surface area contributed by atoms with Gasteiger partial charge in [0.1, 0.15) is 5.69 Å². The molecule has 0 radical (unpaired) electrons. The van der Waals surface area contributed by atoms with Crippen molar-refractivity contribution in [1.29, 1.82) is 0 Å². The highest BCUT2D eigenvalue weighted by Gasteiger charge is 2.28. The van der Waals surface area contributed by atoms with Gasteiger partial charge in [-0.3, -0.25) is 14.9 Å². The number of carbonyl (C=O) groups is 1. The largest absolute Gasteiger partial charge is 0.393 e. The molecule has 1 aromatic carbocycles. The lowest BCUT2D eigenvalue weighted by atomic mass is 9.93. The summed E-state index contributed by atoms with van der Waals surface area (Å²) in [4.78, 5) is 24.4. The van der Waals surface area contributed by atoms with Crippen LogP contribution in [0.2, 0.25) is 0 Å².